The molecule has 1 heterocycles. The minimum atomic E-state index is -0.558. The van der Waals surface area contributed by atoms with Crippen LogP contribution in [0.1, 0.15) is 20.8 Å². The molecule has 0 aliphatic carbocycles. The van der Waals surface area contributed by atoms with Gasteiger partial charge in [0.1, 0.15) is 0 Å². The molecule has 1 unspecified atom stereocenters. The molecule has 21 heavy (non-hydrogen) atoms. The molecule has 1 aromatic heterocycles. The van der Waals surface area contributed by atoms with Crippen LogP contribution in [0.3, 0.4) is 0 Å². The Bertz CT molecular complexity index is 586. The van der Waals surface area contributed by atoms with Gasteiger partial charge in [-0.1, -0.05) is 44.7 Å². The van der Waals surface area contributed by atoms with Gasteiger partial charge in [-0.2, -0.15) is 0 Å². The van der Waals surface area contributed by atoms with Crippen molar-refractivity contribution in [1.29, 1.82) is 0 Å². The van der Waals surface area contributed by atoms with Crippen LogP contribution in [-0.2, 0) is 4.79 Å². The largest absolute Gasteiger partial charge is 0.391 e. The summed E-state index contributed by atoms with van der Waals surface area (Å²) in [6.45, 7) is 6.08. The number of nitrogens with zero attached hydrogens (tertiary/aromatic N) is 1. The first-order valence-corrected chi connectivity index (χ1v) is 7.87. The molecule has 5 nitrogen and oxygen atoms in total. The lowest BCUT2D eigenvalue weighted by Crippen LogP contribution is -2.39. The van der Waals surface area contributed by atoms with E-state index < -0.39 is 6.10 Å². The van der Waals surface area contributed by atoms with Gasteiger partial charge in [0.05, 0.1) is 22.9 Å². The quantitative estimate of drug-likeness (QED) is 0.740. The number of H-pyrrole nitrogens is 1. The molecule has 0 radical (unpaired) electrons. The molecule has 0 fully saturated rings. The van der Waals surface area contributed by atoms with Gasteiger partial charge in [-0.15, -0.1) is 0 Å². The normalized spacial score (nSPS) is 13.3. The maximum Gasteiger partial charge on any atom is 0.230 e. The predicted molar refractivity (Wildman–Crippen MR) is 85.3 cm³/mol. The van der Waals surface area contributed by atoms with E-state index in [9.17, 15) is 9.90 Å². The first-order chi connectivity index (χ1) is 9.86. The highest BCUT2D eigenvalue weighted by Crippen LogP contribution is 2.20. The Kier molecular flexibility index (Phi) is 4.90. The number of fused-ring (bicyclic) bond motifs is 1. The molecule has 0 aliphatic heterocycles. The molecule has 0 spiro atoms. The van der Waals surface area contributed by atoms with E-state index in [1.807, 2.05) is 45.0 Å². The van der Waals surface area contributed by atoms with E-state index in [2.05, 4.69) is 15.3 Å². The Morgan fingerprint density at radius 3 is 2.81 bits per heavy atom. The van der Waals surface area contributed by atoms with Gasteiger partial charge < -0.3 is 15.4 Å². The summed E-state index contributed by atoms with van der Waals surface area (Å²) in [5, 5.41) is 13.3. The third-order valence-electron chi connectivity index (χ3n) is 3.20. The van der Waals surface area contributed by atoms with Gasteiger partial charge in [0, 0.05) is 6.54 Å². The van der Waals surface area contributed by atoms with Crippen LogP contribution in [0.2, 0.25) is 0 Å². The van der Waals surface area contributed by atoms with Crippen molar-refractivity contribution < 1.29 is 9.90 Å². The molecular formula is C15H21N3O2S. The predicted octanol–water partition coefficient (Wildman–Crippen LogP) is 2.18. The zero-order valence-electron chi connectivity index (χ0n) is 12.5. The van der Waals surface area contributed by atoms with Gasteiger partial charge >= 0.3 is 0 Å². The van der Waals surface area contributed by atoms with Crippen molar-refractivity contribution in [2.24, 2.45) is 5.41 Å². The van der Waals surface area contributed by atoms with Crippen LogP contribution in [-0.4, -0.2) is 39.4 Å². The first kappa shape index (κ1) is 15.9. The van der Waals surface area contributed by atoms with Crippen LogP contribution in [0.15, 0.2) is 29.4 Å². The van der Waals surface area contributed by atoms with Gasteiger partial charge in [-0.3, -0.25) is 4.79 Å². The maximum absolute atomic E-state index is 11.8. The summed E-state index contributed by atoms with van der Waals surface area (Å²) < 4.78 is 0. The van der Waals surface area contributed by atoms with Crippen LogP contribution < -0.4 is 5.32 Å². The number of benzene rings is 1. The number of rotatable bonds is 5. The highest BCUT2D eigenvalue weighted by atomic mass is 32.2. The second-order valence-corrected chi connectivity index (χ2v) is 7.00. The second-order valence-electron chi connectivity index (χ2n) is 6.03. The monoisotopic (exact) mass is 307 g/mol. The van der Waals surface area contributed by atoms with Crippen molar-refractivity contribution in [3.63, 3.8) is 0 Å². The Morgan fingerprint density at radius 2 is 2.14 bits per heavy atom. The van der Waals surface area contributed by atoms with Gasteiger partial charge in [0.2, 0.25) is 5.91 Å². The Hall–Kier alpha value is -1.53. The van der Waals surface area contributed by atoms with Crippen molar-refractivity contribution in [3.05, 3.63) is 24.3 Å². The molecule has 1 atom stereocenters. The van der Waals surface area contributed by atoms with E-state index in [1.54, 1.807) is 0 Å². The van der Waals surface area contributed by atoms with E-state index >= 15 is 0 Å². The molecule has 1 amide bonds. The van der Waals surface area contributed by atoms with Crippen molar-refractivity contribution in [3.8, 4) is 0 Å². The topological polar surface area (TPSA) is 78.0 Å². The van der Waals surface area contributed by atoms with Crippen molar-refractivity contribution in [1.82, 2.24) is 15.3 Å². The summed E-state index contributed by atoms with van der Waals surface area (Å²) in [6, 6.07) is 7.75. The van der Waals surface area contributed by atoms with Crippen molar-refractivity contribution in [2.45, 2.75) is 32.0 Å². The zero-order valence-corrected chi connectivity index (χ0v) is 13.3. The van der Waals surface area contributed by atoms with E-state index in [0.717, 1.165) is 16.2 Å². The lowest BCUT2D eigenvalue weighted by Gasteiger charge is -2.25. The smallest absolute Gasteiger partial charge is 0.230 e. The Labute approximate surface area is 128 Å². The lowest BCUT2D eigenvalue weighted by molar-refractivity contribution is -0.119. The van der Waals surface area contributed by atoms with Crippen LogP contribution >= 0.6 is 11.8 Å². The first-order valence-electron chi connectivity index (χ1n) is 6.88. The summed E-state index contributed by atoms with van der Waals surface area (Å²) in [6.07, 6.45) is -0.558. The number of hydrogen-bond donors (Lipinski definition) is 3. The maximum atomic E-state index is 11.8. The molecular weight excluding hydrogens is 286 g/mol. The average Bonchev–Trinajstić information content (AvgIpc) is 2.84. The van der Waals surface area contributed by atoms with E-state index in [0.29, 0.717) is 0 Å². The van der Waals surface area contributed by atoms with E-state index in [1.165, 1.54) is 11.8 Å². The number of aliphatic hydroxyl groups excluding tert-OH is 1. The molecule has 6 heteroatoms. The molecule has 0 aliphatic rings. The lowest BCUT2D eigenvalue weighted by atomic mass is 9.89. The van der Waals surface area contributed by atoms with Gasteiger partial charge in [0.15, 0.2) is 5.16 Å². The minimum Gasteiger partial charge on any atom is -0.391 e. The van der Waals surface area contributed by atoms with Crippen LogP contribution in [0.4, 0.5) is 0 Å². The Balaban J connectivity index is 1.81. The number of thioether (sulfide) groups is 1. The third kappa shape index (κ3) is 4.47. The molecule has 3 N–H and O–H groups in total. The number of aliphatic hydroxyl groups is 1. The number of nitrogens with one attached hydrogen (secondary N) is 2. The number of amides is 1. The number of aromatic amines is 1. The highest BCUT2D eigenvalue weighted by molar-refractivity contribution is 7.99. The fraction of sp³-hybridized carbons (Fsp3) is 0.467. The van der Waals surface area contributed by atoms with E-state index in [4.69, 9.17) is 0 Å². The zero-order chi connectivity index (χ0) is 15.5. The fourth-order valence-corrected chi connectivity index (χ4v) is 2.41. The number of hydrogen-bond acceptors (Lipinski definition) is 4. The van der Waals surface area contributed by atoms with Crippen LogP contribution in [0.25, 0.3) is 11.0 Å². The SMILES string of the molecule is CC(C)(C)C(O)CNC(=O)CSc1nc2ccccc2[nH]1. The number of carbonyl (C=O) groups is 1. The van der Waals surface area contributed by atoms with Gasteiger partial charge in [-0.05, 0) is 17.5 Å². The second kappa shape index (κ2) is 6.49. The Morgan fingerprint density at radius 1 is 1.43 bits per heavy atom. The van der Waals surface area contributed by atoms with Crippen molar-refractivity contribution in [2.75, 3.05) is 12.3 Å². The standard InChI is InChI=1S/C15H21N3O2S/c1-15(2,3)12(19)8-16-13(20)9-21-14-17-10-6-4-5-7-11(10)18-14/h4-7,12,19H,8-9H2,1-3H3,(H,16,20)(H,17,18). The average molecular weight is 307 g/mol. The molecule has 2 aromatic rings. The summed E-state index contributed by atoms with van der Waals surface area (Å²) >= 11 is 1.35. The summed E-state index contributed by atoms with van der Waals surface area (Å²) in [5.74, 6) is 0.167. The minimum absolute atomic E-state index is 0.108. The third-order valence-corrected chi connectivity index (χ3v) is 4.07. The molecule has 2 rings (SSSR count). The molecule has 1 aromatic carbocycles. The molecule has 0 saturated carbocycles. The fourth-order valence-electron chi connectivity index (χ4n) is 1.70. The number of para-hydroxylation sites is 2. The van der Waals surface area contributed by atoms with Crippen LogP contribution in [0, 0.1) is 5.41 Å². The van der Waals surface area contributed by atoms with E-state index in [-0.39, 0.29) is 23.6 Å². The molecule has 0 bridgehead atoms. The van der Waals surface area contributed by atoms with Crippen molar-refractivity contribution >= 4 is 28.7 Å². The highest BCUT2D eigenvalue weighted by Gasteiger charge is 2.22. The molecule has 0 saturated heterocycles. The van der Waals surface area contributed by atoms with Gasteiger partial charge in [0.25, 0.3) is 0 Å². The molecule has 114 valence electrons. The summed E-state index contributed by atoms with van der Waals surface area (Å²) in [5.41, 5.74) is 1.62. The number of carbonyl (C=O) groups excluding carboxylic acids is 1. The number of imidazole rings is 1. The summed E-state index contributed by atoms with van der Waals surface area (Å²) in [7, 11) is 0. The summed E-state index contributed by atoms with van der Waals surface area (Å²) in [4.78, 5) is 19.3. The van der Waals surface area contributed by atoms with Gasteiger partial charge in [-0.25, -0.2) is 4.98 Å². The van der Waals surface area contributed by atoms with Crippen LogP contribution in [0.5, 0.6) is 0 Å². The number of aromatic nitrogens is 2.